The average Bonchev–Trinajstić information content (AvgIpc) is 3.77. The molecule has 0 radical (unpaired) electrons. The molecule has 0 aliphatic carbocycles. The van der Waals surface area contributed by atoms with E-state index in [-0.39, 0.29) is 65.6 Å². The third-order valence-corrected chi connectivity index (χ3v) is 17.6. The molecule has 0 bridgehead atoms. The zero-order valence-corrected chi connectivity index (χ0v) is 41.6. The first-order valence-electron chi connectivity index (χ1n) is 22.4. The zero-order chi connectivity index (χ0) is 49.1. The molecule has 0 saturated heterocycles. The lowest BCUT2D eigenvalue weighted by atomic mass is 9.80. The number of carbonyl (C=O) groups is 2. The molecule has 0 aliphatic heterocycles. The first-order chi connectivity index (χ1) is 32.4. The zero-order valence-electron chi connectivity index (χ0n) is 39.8. The Balaban J connectivity index is 1.20. The Hall–Kier alpha value is -6.33. The van der Waals surface area contributed by atoms with E-state index < -0.39 is 37.0 Å². The van der Waals surface area contributed by atoms with Gasteiger partial charge in [-0.25, -0.2) is 4.79 Å². The summed E-state index contributed by atoms with van der Waals surface area (Å²) in [7, 11) is -0.960. The topological polar surface area (TPSA) is 185 Å². The normalized spacial score (nSPS) is 12.8. The van der Waals surface area contributed by atoms with Gasteiger partial charge < -0.3 is 33.6 Å². The molecule has 2 atom stereocenters. The minimum atomic E-state index is -2.49. The minimum Gasteiger partial charge on any atom is -0.543 e. The van der Waals surface area contributed by atoms with E-state index in [4.69, 9.17) is 23.2 Å². The van der Waals surface area contributed by atoms with Gasteiger partial charge in [-0.2, -0.15) is 16.7 Å². The van der Waals surface area contributed by atoms with Crippen molar-refractivity contribution in [3.63, 3.8) is 0 Å². The van der Waals surface area contributed by atoms with Crippen LogP contribution in [0.1, 0.15) is 95.1 Å². The highest BCUT2D eigenvalue weighted by Crippen LogP contribution is 2.44. The lowest BCUT2D eigenvalue weighted by molar-refractivity contribution is -0.384. The number of nitrogens with zero attached hydrogens (tertiary/aromatic N) is 3. The number of aromatic nitrogens is 2. The molecule has 14 nitrogen and oxygen atoms in total. The number of aliphatic hydroxyl groups excluding tert-OH is 1. The van der Waals surface area contributed by atoms with Crippen molar-refractivity contribution in [1.82, 2.24) is 15.5 Å². The highest BCUT2D eigenvalue weighted by atomic mass is 32.2. The molecule has 358 valence electrons. The summed E-state index contributed by atoms with van der Waals surface area (Å²) in [5.74, 6) is 1.07. The quantitative estimate of drug-likeness (QED) is 0.0215. The third kappa shape index (κ3) is 12.4. The van der Waals surface area contributed by atoms with Crippen LogP contribution in [-0.2, 0) is 32.2 Å². The van der Waals surface area contributed by atoms with Crippen molar-refractivity contribution in [2.75, 3.05) is 19.5 Å². The summed E-state index contributed by atoms with van der Waals surface area (Å²) >= 11 is 1.42. The van der Waals surface area contributed by atoms with Crippen LogP contribution in [0.4, 0.5) is 5.69 Å². The lowest BCUT2D eigenvalue weighted by Gasteiger charge is -2.37. The smallest absolute Gasteiger partial charge is 0.339 e. The van der Waals surface area contributed by atoms with Crippen LogP contribution < -0.4 is 14.5 Å². The Morgan fingerprint density at radius 1 is 0.882 bits per heavy atom. The molecule has 0 aliphatic rings. The van der Waals surface area contributed by atoms with E-state index in [2.05, 4.69) is 49.3 Å². The van der Waals surface area contributed by atoms with Gasteiger partial charge in [0.15, 0.2) is 5.82 Å². The van der Waals surface area contributed by atoms with Gasteiger partial charge in [-0.15, -0.1) is 0 Å². The fourth-order valence-corrected chi connectivity index (χ4v) is 9.53. The van der Waals surface area contributed by atoms with E-state index in [1.807, 2.05) is 91.0 Å². The summed E-state index contributed by atoms with van der Waals surface area (Å²) in [5, 5.41) is 29.5. The number of nitro groups is 1. The SMILES string of the molecule is COc1cc(O[Si](C)(C)C(C)(C)C)c(CSC[C@H](NC(=O)CC[C@@H](O)COC(c2ccccc2)(c2ccccc2)c2ccccc2)c2nc(C)no2)c(C(=O)OCc2ccc([N+](=O)[O-])cc2)c1C. The van der Waals surface area contributed by atoms with E-state index in [1.54, 1.807) is 32.0 Å². The number of carbonyl (C=O) groups excluding carboxylic acids is 2. The molecule has 0 spiro atoms. The number of ether oxygens (including phenoxy) is 3. The number of hydrogen-bond acceptors (Lipinski definition) is 13. The second-order valence-electron chi connectivity index (χ2n) is 18.0. The summed E-state index contributed by atoms with van der Waals surface area (Å²) < 4.78 is 30.9. The van der Waals surface area contributed by atoms with Crippen molar-refractivity contribution in [1.29, 1.82) is 0 Å². The summed E-state index contributed by atoms with van der Waals surface area (Å²) in [6, 6.07) is 36.5. The number of amides is 1. The molecular weight excluding hydrogens is 901 g/mol. The molecule has 1 aromatic heterocycles. The first-order valence-corrected chi connectivity index (χ1v) is 26.5. The molecule has 2 N–H and O–H groups in total. The molecule has 1 amide bonds. The third-order valence-electron chi connectivity index (χ3n) is 12.2. The van der Waals surface area contributed by atoms with Crippen molar-refractivity contribution in [2.24, 2.45) is 0 Å². The lowest BCUT2D eigenvalue weighted by Crippen LogP contribution is -2.44. The number of nitrogens with one attached hydrogen (secondary N) is 1. The monoisotopic (exact) mass is 960 g/mol. The van der Waals surface area contributed by atoms with Gasteiger partial charge in [0.05, 0.1) is 30.3 Å². The Bertz CT molecular complexity index is 2530. The molecule has 0 unspecified atom stereocenters. The van der Waals surface area contributed by atoms with Gasteiger partial charge in [0.25, 0.3) is 5.69 Å². The number of esters is 1. The number of rotatable bonds is 22. The summed E-state index contributed by atoms with van der Waals surface area (Å²) in [6.45, 7) is 13.9. The maximum Gasteiger partial charge on any atom is 0.339 e. The number of non-ortho nitro benzene ring substituents is 1. The second-order valence-corrected chi connectivity index (χ2v) is 23.8. The van der Waals surface area contributed by atoms with E-state index in [0.29, 0.717) is 34.0 Å². The summed E-state index contributed by atoms with van der Waals surface area (Å²) in [5.41, 5.74) is 3.56. The largest absolute Gasteiger partial charge is 0.543 e. The molecule has 68 heavy (non-hydrogen) atoms. The van der Waals surface area contributed by atoms with Crippen LogP contribution in [0, 0.1) is 24.0 Å². The van der Waals surface area contributed by atoms with Crippen molar-refractivity contribution in [3.8, 4) is 11.5 Å². The molecule has 16 heteroatoms. The summed E-state index contributed by atoms with van der Waals surface area (Å²) in [4.78, 5) is 43.1. The van der Waals surface area contributed by atoms with Crippen molar-refractivity contribution in [3.05, 3.63) is 182 Å². The molecule has 0 saturated carbocycles. The Morgan fingerprint density at radius 2 is 1.46 bits per heavy atom. The maximum absolute atomic E-state index is 14.2. The Labute approximate surface area is 403 Å². The van der Waals surface area contributed by atoms with Gasteiger partial charge in [0.1, 0.15) is 29.7 Å². The molecular formula is C52H60N4O10SSi. The molecule has 6 aromatic rings. The fraction of sp³-hybridized carbons (Fsp3) is 0.346. The molecule has 1 heterocycles. The Kier molecular flexibility index (Phi) is 17.0. The highest BCUT2D eigenvalue weighted by Gasteiger charge is 2.41. The molecule has 0 fully saturated rings. The Morgan fingerprint density at radius 3 is 1.96 bits per heavy atom. The predicted molar refractivity (Wildman–Crippen MR) is 264 cm³/mol. The number of hydrogen-bond donors (Lipinski definition) is 2. The van der Waals surface area contributed by atoms with Crippen molar-refractivity contribution in [2.45, 2.75) is 95.7 Å². The van der Waals surface area contributed by atoms with Crippen LogP contribution in [0.25, 0.3) is 0 Å². The highest BCUT2D eigenvalue weighted by molar-refractivity contribution is 7.98. The number of aryl methyl sites for hydroxylation is 1. The van der Waals surface area contributed by atoms with Crippen LogP contribution in [-0.4, -0.2) is 65.9 Å². The van der Waals surface area contributed by atoms with E-state index in [1.165, 1.54) is 31.0 Å². The number of benzene rings is 5. The standard InChI is InChI=1S/C52H60N4O10SSi/c1-35-45(62-6)30-46(66-68(7,8)51(3,4)5)43(48(35)50(59)63-31-37-24-26-41(27-25-37)56(60)61)33-67-34-44(49-53-36(2)55-65-49)54-47(58)29-28-42(57)32-64-52(38-18-12-9-13-19-38,39-20-14-10-15-21-39)40-22-16-11-17-23-40/h9-27,30,42,44,57H,28-29,31-34H2,1-8H3,(H,54,58)/t42-,44+/m1/s1. The van der Waals surface area contributed by atoms with Crippen molar-refractivity contribution < 1.29 is 42.8 Å². The number of thioether (sulfide) groups is 1. The number of aliphatic hydroxyl groups is 1. The van der Waals surface area contributed by atoms with Gasteiger partial charge in [0.2, 0.25) is 20.1 Å². The van der Waals surface area contributed by atoms with Crippen LogP contribution >= 0.6 is 11.8 Å². The van der Waals surface area contributed by atoms with Gasteiger partial charge in [-0.3, -0.25) is 14.9 Å². The maximum atomic E-state index is 14.2. The van der Waals surface area contributed by atoms with Gasteiger partial charge in [0, 0.05) is 47.3 Å². The van der Waals surface area contributed by atoms with Crippen molar-refractivity contribution >= 4 is 37.6 Å². The predicted octanol–water partition coefficient (Wildman–Crippen LogP) is 10.6. The average molecular weight is 961 g/mol. The van der Waals surface area contributed by atoms with Crippen LogP contribution in [0.3, 0.4) is 0 Å². The van der Waals surface area contributed by atoms with Gasteiger partial charge >= 0.3 is 5.97 Å². The number of methoxy groups -OCH3 is 1. The second kappa shape index (κ2) is 22.6. The molecule has 6 rings (SSSR count). The first kappa shape index (κ1) is 51.1. The van der Waals surface area contributed by atoms with E-state index in [9.17, 15) is 24.8 Å². The van der Waals surface area contributed by atoms with Crippen LogP contribution in [0.15, 0.2) is 126 Å². The van der Waals surface area contributed by atoms with Gasteiger partial charge in [-0.1, -0.05) is 117 Å². The van der Waals surface area contributed by atoms with Crippen LogP contribution in [0.5, 0.6) is 11.5 Å². The summed E-state index contributed by atoms with van der Waals surface area (Å²) in [6.07, 6.45) is -0.917. The van der Waals surface area contributed by atoms with E-state index >= 15 is 0 Å². The van der Waals surface area contributed by atoms with Gasteiger partial charge in [-0.05, 0) is 72.8 Å². The van der Waals surface area contributed by atoms with E-state index in [0.717, 1.165) is 16.7 Å². The van der Waals surface area contributed by atoms with Crippen LogP contribution in [0.2, 0.25) is 18.1 Å². The molecule has 5 aromatic carbocycles. The fourth-order valence-electron chi connectivity index (χ4n) is 7.42. The minimum absolute atomic E-state index is 0.0270. The number of nitro benzene ring substituents is 1.